The van der Waals surface area contributed by atoms with Crippen LogP contribution in [-0.4, -0.2) is 30.7 Å². The van der Waals surface area contributed by atoms with Gasteiger partial charge in [-0.05, 0) is 18.6 Å². The summed E-state index contributed by atoms with van der Waals surface area (Å²) in [6, 6.07) is 16.2. The van der Waals surface area contributed by atoms with Crippen molar-refractivity contribution in [2.45, 2.75) is 19.2 Å². The summed E-state index contributed by atoms with van der Waals surface area (Å²) >= 11 is 1.62. The van der Waals surface area contributed by atoms with E-state index >= 15 is 0 Å². The summed E-state index contributed by atoms with van der Waals surface area (Å²) in [7, 11) is 3.53. The third-order valence-corrected chi connectivity index (χ3v) is 4.57. The highest BCUT2D eigenvalue weighted by molar-refractivity contribution is 7.99. The number of aryl methyl sites for hydroxylation is 1. The summed E-state index contributed by atoms with van der Waals surface area (Å²) in [5, 5.41) is 0. The third kappa shape index (κ3) is 5.32. The van der Waals surface area contributed by atoms with Gasteiger partial charge >= 0.3 is 0 Å². The molecule has 3 nitrogen and oxygen atoms in total. The van der Waals surface area contributed by atoms with Gasteiger partial charge in [0.05, 0.1) is 12.9 Å². The van der Waals surface area contributed by atoms with Crippen LogP contribution < -0.4 is 4.74 Å². The molecule has 0 atom stereocenters. The molecule has 0 unspecified atom stereocenters. The molecule has 0 saturated heterocycles. The largest absolute Gasteiger partial charge is 0.496 e. The molecule has 0 radical (unpaired) electrons. The molecule has 1 amide bonds. The number of carbonyl (C=O) groups excluding carboxylic acids is 1. The predicted molar refractivity (Wildman–Crippen MR) is 96.8 cm³/mol. The van der Waals surface area contributed by atoms with Crippen LogP contribution in [-0.2, 0) is 17.1 Å². The first-order chi connectivity index (χ1) is 11.1. The van der Waals surface area contributed by atoms with E-state index in [1.807, 2.05) is 49.5 Å². The maximum Gasteiger partial charge on any atom is 0.232 e. The Morgan fingerprint density at radius 3 is 2.61 bits per heavy atom. The van der Waals surface area contributed by atoms with Crippen LogP contribution in [0.2, 0.25) is 0 Å². The van der Waals surface area contributed by atoms with Crippen LogP contribution in [0.5, 0.6) is 5.75 Å². The maximum absolute atomic E-state index is 12.2. The molecule has 0 aliphatic carbocycles. The second kappa shape index (κ2) is 8.63. The van der Waals surface area contributed by atoms with Crippen LogP contribution in [0.25, 0.3) is 0 Å². The van der Waals surface area contributed by atoms with Crippen molar-refractivity contribution in [2.24, 2.45) is 0 Å². The van der Waals surface area contributed by atoms with Gasteiger partial charge in [-0.3, -0.25) is 4.79 Å². The molecular weight excluding hydrogens is 306 g/mol. The number of ether oxygens (including phenoxy) is 1. The number of methoxy groups -OCH3 is 1. The predicted octanol–water partition coefficient (Wildman–Crippen LogP) is 3.90. The zero-order chi connectivity index (χ0) is 16.7. The lowest BCUT2D eigenvalue weighted by Crippen LogP contribution is -2.27. The second-order valence-electron chi connectivity index (χ2n) is 5.54. The van der Waals surface area contributed by atoms with E-state index in [4.69, 9.17) is 4.74 Å². The van der Waals surface area contributed by atoms with Gasteiger partial charge in [-0.2, -0.15) is 0 Å². The molecule has 2 aromatic rings. The van der Waals surface area contributed by atoms with Gasteiger partial charge in [0.15, 0.2) is 0 Å². The molecule has 0 spiro atoms. The van der Waals surface area contributed by atoms with E-state index in [9.17, 15) is 4.79 Å². The van der Waals surface area contributed by atoms with Crippen LogP contribution in [0.1, 0.15) is 16.7 Å². The minimum atomic E-state index is 0.144. The molecule has 23 heavy (non-hydrogen) atoms. The number of carbonyl (C=O) groups is 1. The van der Waals surface area contributed by atoms with Crippen LogP contribution in [0.4, 0.5) is 0 Å². The smallest absolute Gasteiger partial charge is 0.232 e. The standard InChI is InChI=1S/C19H23NO2S/c1-15-9-10-18(22-3)17(11-15)13-23-14-19(21)20(2)12-16-7-5-4-6-8-16/h4-11H,12-14H2,1-3H3. The minimum absolute atomic E-state index is 0.144. The lowest BCUT2D eigenvalue weighted by molar-refractivity contribution is -0.127. The van der Waals surface area contributed by atoms with Gasteiger partial charge in [0.1, 0.15) is 5.75 Å². The van der Waals surface area contributed by atoms with E-state index in [0.29, 0.717) is 12.3 Å². The molecule has 0 aliphatic rings. The van der Waals surface area contributed by atoms with Crippen molar-refractivity contribution < 1.29 is 9.53 Å². The monoisotopic (exact) mass is 329 g/mol. The fourth-order valence-electron chi connectivity index (χ4n) is 2.32. The summed E-state index contributed by atoms with van der Waals surface area (Å²) in [6.45, 7) is 2.71. The Kier molecular flexibility index (Phi) is 6.53. The zero-order valence-electron chi connectivity index (χ0n) is 13.9. The van der Waals surface area contributed by atoms with E-state index in [0.717, 1.165) is 22.6 Å². The van der Waals surface area contributed by atoms with Gasteiger partial charge in [-0.25, -0.2) is 0 Å². The molecule has 2 aromatic carbocycles. The molecule has 0 heterocycles. The van der Waals surface area contributed by atoms with Crippen molar-refractivity contribution in [2.75, 3.05) is 19.9 Å². The molecule has 122 valence electrons. The number of thioether (sulfide) groups is 1. The van der Waals surface area contributed by atoms with E-state index in [-0.39, 0.29) is 5.91 Å². The van der Waals surface area contributed by atoms with Crippen molar-refractivity contribution in [3.8, 4) is 5.75 Å². The van der Waals surface area contributed by atoms with Gasteiger partial charge in [0, 0.05) is 24.9 Å². The van der Waals surface area contributed by atoms with Gasteiger partial charge < -0.3 is 9.64 Å². The van der Waals surface area contributed by atoms with E-state index in [1.54, 1.807) is 23.8 Å². The molecule has 0 fully saturated rings. The lowest BCUT2D eigenvalue weighted by atomic mass is 10.1. The third-order valence-electron chi connectivity index (χ3n) is 3.61. The highest BCUT2D eigenvalue weighted by Crippen LogP contribution is 2.24. The molecular formula is C19H23NO2S. The summed E-state index contributed by atoms with van der Waals surface area (Å²) in [5.74, 6) is 2.27. The molecule has 0 bridgehead atoms. The van der Waals surface area contributed by atoms with E-state index in [2.05, 4.69) is 13.0 Å². The Labute approximate surface area is 142 Å². The number of hydrogen-bond donors (Lipinski definition) is 0. The summed E-state index contributed by atoms with van der Waals surface area (Å²) in [6.07, 6.45) is 0. The van der Waals surface area contributed by atoms with Crippen molar-refractivity contribution in [3.05, 3.63) is 65.2 Å². The first kappa shape index (κ1) is 17.4. The molecule has 0 aliphatic heterocycles. The highest BCUT2D eigenvalue weighted by Gasteiger charge is 2.10. The Morgan fingerprint density at radius 2 is 1.91 bits per heavy atom. The van der Waals surface area contributed by atoms with Crippen molar-refractivity contribution in [1.82, 2.24) is 4.90 Å². The first-order valence-corrected chi connectivity index (χ1v) is 8.74. The second-order valence-corrected chi connectivity index (χ2v) is 6.53. The van der Waals surface area contributed by atoms with Crippen molar-refractivity contribution >= 4 is 17.7 Å². The van der Waals surface area contributed by atoms with E-state index in [1.165, 1.54) is 5.56 Å². The first-order valence-electron chi connectivity index (χ1n) is 7.59. The fraction of sp³-hybridized carbons (Fsp3) is 0.316. The van der Waals surface area contributed by atoms with Gasteiger partial charge in [0.25, 0.3) is 0 Å². The molecule has 0 saturated carbocycles. The van der Waals surface area contributed by atoms with Gasteiger partial charge in [-0.1, -0.05) is 48.0 Å². The Bertz CT molecular complexity index is 643. The Morgan fingerprint density at radius 1 is 1.17 bits per heavy atom. The fourth-order valence-corrected chi connectivity index (χ4v) is 3.27. The number of benzene rings is 2. The number of rotatable bonds is 7. The van der Waals surface area contributed by atoms with Crippen LogP contribution in [0.15, 0.2) is 48.5 Å². The average Bonchev–Trinajstić information content (AvgIpc) is 2.56. The Balaban J connectivity index is 1.84. The molecule has 0 N–H and O–H groups in total. The normalized spacial score (nSPS) is 10.4. The van der Waals surface area contributed by atoms with Crippen LogP contribution in [0, 0.1) is 6.92 Å². The SMILES string of the molecule is COc1ccc(C)cc1CSCC(=O)N(C)Cc1ccccc1. The number of hydrogen-bond acceptors (Lipinski definition) is 3. The summed E-state index contributed by atoms with van der Waals surface area (Å²) in [4.78, 5) is 14.0. The quantitative estimate of drug-likeness (QED) is 0.772. The Hall–Kier alpha value is -1.94. The van der Waals surface area contributed by atoms with Gasteiger partial charge in [-0.15, -0.1) is 11.8 Å². The minimum Gasteiger partial charge on any atom is -0.496 e. The average molecular weight is 329 g/mol. The maximum atomic E-state index is 12.2. The van der Waals surface area contributed by atoms with Crippen LogP contribution in [0.3, 0.4) is 0 Å². The van der Waals surface area contributed by atoms with Crippen molar-refractivity contribution in [1.29, 1.82) is 0 Å². The molecule has 4 heteroatoms. The molecule has 0 aromatic heterocycles. The van der Waals surface area contributed by atoms with Crippen molar-refractivity contribution in [3.63, 3.8) is 0 Å². The number of amides is 1. The molecule has 2 rings (SSSR count). The van der Waals surface area contributed by atoms with Crippen LogP contribution >= 0.6 is 11.8 Å². The summed E-state index contributed by atoms with van der Waals surface area (Å²) in [5.41, 5.74) is 3.48. The highest BCUT2D eigenvalue weighted by atomic mass is 32.2. The lowest BCUT2D eigenvalue weighted by Gasteiger charge is -2.17. The topological polar surface area (TPSA) is 29.5 Å². The zero-order valence-corrected chi connectivity index (χ0v) is 14.7. The van der Waals surface area contributed by atoms with Gasteiger partial charge in [0.2, 0.25) is 5.91 Å². The summed E-state index contributed by atoms with van der Waals surface area (Å²) < 4.78 is 5.38. The van der Waals surface area contributed by atoms with E-state index < -0.39 is 0 Å². The number of nitrogens with zero attached hydrogens (tertiary/aromatic N) is 1.